The number of carboxylic acid groups (broad SMARTS) is 1. The molecule has 1 unspecified atom stereocenters. The Bertz CT molecular complexity index is 275. The Balaban J connectivity index is 2.56. The fourth-order valence-electron chi connectivity index (χ4n) is 1.95. The number of nitrogens with zero attached hydrogens (tertiary/aromatic N) is 1. The molecule has 1 fully saturated rings. The fraction of sp³-hybridized carbons (Fsp3) is 0.833. The summed E-state index contributed by atoms with van der Waals surface area (Å²) < 4.78 is 0. The molecule has 1 amide bonds. The first-order chi connectivity index (χ1) is 7.43. The molecule has 0 radical (unpaired) electrons. The van der Waals surface area contributed by atoms with Crippen LogP contribution < -0.4 is 0 Å². The van der Waals surface area contributed by atoms with E-state index in [-0.39, 0.29) is 5.91 Å². The molecule has 0 saturated carbocycles. The van der Waals surface area contributed by atoms with Crippen LogP contribution in [-0.2, 0) is 9.59 Å². The minimum Gasteiger partial charge on any atom is -0.480 e. The van der Waals surface area contributed by atoms with Gasteiger partial charge in [0.05, 0.1) is 0 Å². The lowest BCUT2D eigenvalue weighted by Gasteiger charge is -2.24. The van der Waals surface area contributed by atoms with Crippen molar-refractivity contribution in [2.75, 3.05) is 6.54 Å². The Morgan fingerprint density at radius 3 is 2.50 bits per heavy atom. The van der Waals surface area contributed by atoms with Gasteiger partial charge in [-0.2, -0.15) is 0 Å². The molecule has 0 bridgehead atoms. The second-order valence-corrected chi connectivity index (χ2v) is 5.01. The average Bonchev–Trinajstić information content (AvgIpc) is 2.65. The summed E-state index contributed by atoms with van der Waals surface area (Å²) in [5.74, 6) is -0.119. The predicted molar refractivity (Wildman–Crippen MR) is 61.0 cm³/mol. The van der Waals surface area contributed by atoms with E-state index >= 15 is 0 Å². The summed E-state index contributed by atoms with van der Waals surface area (Å²) in [5, 5.41) is 8.98. The van der Waals surface area contributed by atoms with Crippen LogP contribution in [0.3, 0.4) is 0 Å². The van der Waals surface area contributed by atoms with Crippen LogP contribution in [0.5, 0.6) is 0 Å². The molecule has 2 atom stereocenters. The molecule has 0 aliphatic carbocycles. The highest BCUT2D eigenvalue weighted by Crippen LogP contribution is 2.22. The van der Waals surface area contributed by atoms with Crippen LogP contribution in [0.2, 0.25) is 0 Å². The lowest BCUT2D eigenvalue weighted by atomic mass is 9.94. The molecule has 1 aliphatic rings. The van der Waals surface area contributed by atoms with E-state index in [2.05, 4.69) is 13.8 Å². The zero-order valence-corrected chi connectivity index (χ0v) is 10.3. The Hall–Kier alpha value is -1.06. The molecule has 1 heterocycles. The largest absolute Gasteiger partial charge is 0.480 e. The number of hydrogen-bond donors (Lipinski definition) is 1. The molecule has 1 rings (SSSR count). The van der Waals surface area contributed by atoms with Crippen LogP contribution in [0.1, 0.15) is 40.0 Å². The molecule has 0 aromatic rings. The maximum atomic E-state index is 11.9. The van der Waals surface area contributed by atoms with Gasteiger partial charge in [-0.1, -0.05) is 20.8 Å². The highest BCUT2D eigenvalue weighted by molar-refractivity contribution is 5.84. The standard InChI is InChI=1S/C12H21NO3/c1-8(2)9(3)7-11(14)13-6-4-5-10(13)12(15)16/h8-10H,4-7H2,1-3H3,(H,15,16)/t9?,10-/m1/s1. The number of carboxylic acids is 1. The van der Waals surface area contributed by atoms with Crippen molar-refractivity contribution in [3.8, 4) is 0 Å². The topological polar surface area (TPSA) is 57.6 Å². The number of carbonyl (C=O) groups is 2. The molecular weight excluding hydrogens is 206 g/mol. The van der Waals surface area contributed by atoms with Gasteiger partial charge in [0.25, 0.3) is 0 Å². The van der Waals surface area contributed by atoms with Gasteiger partial charge in [-0.15, -0.1) is 0 Å². The molecule has 4 heteroatoms. The minimum atomic E-state index is -0.872. The van der Waals surface area contributed by atoms with E-state index in [1.54, 1.807) is 0 Å². The highest BCUT2D eigenvalue weighted by atomic mass is 16.4. The Morgan fingerprint density at radius 2 is 2.00 bits per heavy atom. The van der Waals surface area contributed by atoms with Crippen molar-refractivity contribution >= 4 is 11.9 Å². The third kappa shape index (κ3) is 2.97. The van der Waals surface area contributed by atoms with E-state index in [0.717, 1.165) is 6.42 Å². The van der Waals surface area contributed by atoms with E-state index in [9.17, 15) is 9.59 Å². The zero-order valence-electron chi connectivity index (χ0n) is 10.3. The molecule has 0 aromatic heterocycles. The van der Waals surface area contributed by atoms with Crippen molar-refractivity contribution in [3.05, 3.63) is 0 Å². The monoisotopic (exact) mass is 227 g/mol. The van der Waals surface area contributed by atoms with Crippen molar-refractivity contribution in [1.29, 1.82) is 0 Å². The quantitative estimate of drug-likeness (QED) is 0.796. The Morgan fingerprint density at radius 1 is 1.38 bits per heavy atom. The molecule has 1 aliphatic heterocycles. The number of rotatable bonds is 4. The molecule has 1 N–H and O–H groups in total. The molecule has 0 aromatic carbocycles. The van der Waals surface area contributed by atoms with Crippen LogP contribution in [-0.4, -0.2) is 34.5 Å². The Kier molecular flexibility index (Phi) is 4.33. The van der Waals surface area contributed by atoms with E-state index in [1.807, 2.05) is 6.92 Å². The molecule has 1 saturated heterocycles. The summed E-state index contributed by atoms with van der Waals surface area (Å²) in [6, 6.07) is -0.591. The van der Waals surface area contributed by atoms with E-state index in [1.165, 1.54) is 4.90 Å². The number of aliphatic carboxylic acids is 1. The maximum Gasteiger partial charge on any atom is 0.326 e. The third-order valence-electron chi connectivity index (χ3n) is 3.49. The minimum absolute atomic E-state index is 0.00824. The fourth-order valence-corrected chi connectivity index (χ4v) is 1.95. The molecule has 0 spiro atoms. The van der Waals surface area contributed by atoms with Crippen LogP contribution >= 0.6 is 0 Å². The van der Waals surface area contributed by atoms with Gasteiger partial charge in [0.1, 0.15) is 6.04 Å². The van der Waals surface area contributed by atoms with Gasteiger partial charge in [-0.25, -0.2) is 4.79 Å². The zero-order chi connectivity index (χ0) is 12.3. The van der Waals surface area contributed by atoms with Crippen molar-refractivity contribution in [2.45, 2.75) is 46.1 Å². The average molecular weight is 227 g/mol. The van der Waals surface area contributed by atoms with E-state index < -0.39 is 12.0 Å². The van der Waals surface area contributed by atoms with Crippen LogP contribution in [0.4, 0.5) is 0 Å². The number of amides is 1. The normalized spacial score (nSPS) is 22.5. The second-order valence-electron chi connectivity index (χ2n) is 5.01. The number of carbonyl (C=O) groups excluding carboxylic acids is 1. The van der Waals surface area contributed by atoms with Crippen LogP contribution in [0.25, 0.3) is 0 Å². The Labute approximate surface area is 96.6 Å². The molecule has 16 heavy (non-hydrogen) atoms. The summed E-state index contributed by atoms with van der Waals surface area (Å²) in [5.41, 5.74) is 0. The summed E-state index contributed by atoms with van der Waals surface area (Å²) in [6.45, 7) is 6.79. The second kappa shape index (κ2) is 5.32. The van der Waals surface area contributed by atoms with Gasteiger partial charge in [0.15, 0.2) is 0 Å². The van der Waals surface area contributed by atoms with Crippen molar-refractivity contribution in [3.63, 3.8) is 0 Å². The maximum absolute atomic E-state index is 11.9. The molecule has 4 nitrogen and oxygen atoms in total. The number of likely N-dealkylation sites (tertiary alicyclic amines) is 1. The smallest absolute Gasteiger partial charge is 0.326 e. The van der Waals surface area contributed by atoms with Crippen LogP contribution in [0.15, 0.2) is 0 Å². The van der Waals surface area contributed by atoms with Crippen molar-refractivity contribution < 1.29 is 14.7 Å². The van der Waals surface area contributed by atoms with Gasteiger partial charge in [-0.05, 0) is 24.7 Å². The van der Waals surface area contributed by atoms with E-state index in [0.29, 0.717) is 31.2 Å². The summed E-state index contributed by atoms with van der Waals surface area (Å²) in [4.78, 5) is 24.4. The molecular formula is C12H21NO3. The first kappa shape index (κ1) is 13.0. The highest BCUT2D eigenvalue weighted by Gasteiger charge is 2.34. The first-order valence-corrected chi connectivity index (χ1v) is 5.95. The van der Waals surface area contributed by atoms with Crippen molar-refractivity contribution in [2.24, 2.45) is 11.8 Å². The first-order valence-electron chi connectivity index (χ1n) is 5.95. The molecule has 92 valence electrons. The summed E-state index contributed by atoms with van der Waals surface area (Å²) in [6.07, 6.45) is 1.86. The SMILES string of the molecule is CC(C)C(C)CC(=O)N1CCC[C@@H]1C(=O)O. The van der Waals surface area contributed by atoms with Gasteiger partial charge >= 0.3 is 5.97 Å². The summed E-state index contributed by atoms with van der Waals surface area (Å²) >= 11 is 0. The van der Waals surface area contributed by atoms with Crippen LogP contribution in [0, 0.1) is 11.8 Å². The van der Waals surface area contributed by atoms with Gasteiger partial charge < -0.3 is 10.0 Å². The van der Waals surface area contributed by atoms with E-state index in [4.69, 9.17) is 5.11 Å². The third-order valence-corrected chi connectivity index (χ3v) is 3.49. The van der Waals surface area contributed by atoms with Gasteiger partial charge in [0, 0.05) is 13.0 Å². The predicted octanol–water partition coefficient (Wildman–Crippen LogP) is 1.74. The van der Waals surface area contributed by atoms with Gasteiger partial charge in [0.2, 0.25) is 5.91 Å². The summed E-state index contributed by atoms with van der Waals surface area (Å²) in [7, 11) is 0. The number of hydrogen-bond acceptors (Lipinski definition) is 2. The lowest BCUT2D eigenvalue weighted by molar-refractivity contribution is -0.148. The lowest BCUT2D eigenvalue weighted by Crippen LogP contribution is -2.41. The van der Waals surface area contributed by atoms with Gasteiger partial charge in [-0.3, -0.25) is 4.79 Å². The van der Waals surface area contributed by atoms with Crippen molar-refractivity contribution in [1.82, 2.24) is 4.90 Å².